The highest BCUT2D eigenvalue weighted by atomic mass is 16.4. The minimum atomic E-state index is -0.818. The number of aliphatic hydroxyl groups excluding tert-OH is 1. The first-order valence-electron chi connectivity index (χ1n) is 7.45. The van der Waals surface area contributed by atoms with Gasteiger partial charge in [-0.3, -0.25) is 4.79 Å². The Balaban J connectivity index is 1.65. The van der Waals surface area contributed by atoms with Crippen LogP contribution in [0.15, 0.2) is 0 Å². The lowest BCUT2D eigenvalue weighted by molar-refractivity contribution is -0.142. The molecule has 0 radical (unpaired) electrons. The average Bonchev–Trinajstić information content (AvgIpc) is 3.05. The van der Waals surface area contributed by atoms with Gasteiger partial charge < -0.3 is 20.0 Å². The van der Waals surface area contributed by atoms with Gasteiger partial charge in [-0.15, -0.1) is 0 Å². The number of nitrogens with zero attached hydrogens (tertiary/aromatic N) is 2. The first kappa shape index (κ1) is 13.7. The van der Waals surface area contributed by atoms with Crippen LogP contribution in [0.25, 0.3) is 0 Å². The molecular formula is C14H22N2O4. The summed E-state index contributed by atoms with van der Waals surface area (Å²) in [4.78, 5) is 27.2. The van der Waals surface area contributed by atoms with Crippen molar-refractivity contribution < 1.29 is 19.8 Å². The van der Waals surface area contributed by atoms with Crippen molar-refractivity contribution in [2.45, 2.75) is 38.3 Å². The molecule has 3 rings (SSSR count). The molecule has 1 aliphatic carbocycles. The number of carbonyl (C=O) groups is 2. The molecule has 0 aromatic rings. The standard InChI is InChI=1S/C14H22N2O4/c1-8-10(13(18)19)4-5-16(8)14(20)15-6-9-2-3-12(17)11(9)7-15/h8-12,17H,2-7H2,1H3,(H,18,19). The molecule has 0 spiro atoms. The molecule has 6 nitrogen and oxygen atoms in total. The first-order chi connectivity index (χ1) is 9.49. The number of carbonyl (C=O) groups excluding carboxylic acids is 1. The molecule has 20 heavy (non-hydrogen) atoms. The molecule has 2 heterocycles. The number of amides is 2. The zero-order valence-corrected chi connectivity index (χ0v) is 11.7. The van der Waals surface area contributed by atoms with E-state index in [-0.39, 0.29) is 24.1 Å². The molecule has 1 saturated carbocycles. The van der Waals surface area contributed by atoms with E-state index >= 15 is 0 Å². The molecule has 0 aromatic heterocycles. The zero-order chi connectivity index (χ0) is 14.4. The largest absolute Gasteiger partial charge is 0.481 e. The van der Waals surface area contributed by atoms with Crippen LogP contribution in [0.5, 0.6) is 0 Å². The summed E-state index contributed by atoms with van der Waals surface area (Å²) in [6.07, 6.45) is 2.09. The second-order valence-corrected chi connectivity index (χ2v) is 6.42. The summed E-state index contributed by atoms with van der Waals surface area (Å²) in [7, 11) is 0. The fourth-order valence-corrected chi connectivity index (χ4v) is 4.11. The third-order valence-electron chi connectivity index (χ3n) is 5.41. The highest BCUT2D eigenvalue weighted by molar-refractivity contribution is 5.78. The van der Waals surface area contributed by atoms with E-state index in [4.69, 9.17) is 5.11 Å². The van der Waals surface area contributed by atoms with Crippen LogP contribution in [0.1, 0.15) is 26.2 Å². The third-order valence-corrected chi connectivity index (χ3v) is 5.41. The summed E-state index contributed by atoms with van der Waals surface area (Å²) in [5.74, 6) is -0.637. The zero-order valence-electron chi connectivity index (χ0n) is 11.7. The minimum Gasteiger partial charge on any atom is -0.481 e. The summed E-state index contributed by atoms with van der Waals surface area (Å²) in [5, 5.41) is 19.0. The van der Waals surface area contributed by atoms with Gasteiger partial charge in [-0.05, 0) is 32.1 Å². The quantitative estimate of drug-likeness (QED) is 0.738. The monoisotopic (exact) mass is 282 g/mol. The van der Waals surface area contributed by atoms with Crippen molar-refractivity contribution in [2.75, 3.05) is 19.6 Å². The summed E-state index contributed by atoms with van der Waals surface area (Å²) in [6.45, 7) is 3.66. The Morgan fingerprint density at radius 3 is 2.50 bits per heavy atom. The van der Waals surface area contributed by atoms with Crippen molar-refractivity contribution in [1.82, 2.24) is 9.80 Å². The third kappa shape index (κ3) is 2.06. The molecule has 3 aliphatic rings. The topological polar surface area (TPSA) is 81.1 Å². The van der Waals surface area contributed by atoms with Gasteiger partial charge in [-0.2, -0.15) is 0 Å². The number of carboxylic acid groups (broad SMARTS) is 1. The minimum absolute atomic E-state index is 0.0529. The van der Waals surface area contributed by atoms with E-state index in [0.29, 0.717) is 32.0 Å². The van der Waals surface area contributed by atoms with Crippen molar-refractivity contribution in [2.24, 2.45) is 17.8 Å². The highest BCUT2D eigenvalue weighted by Crippen LogP contribution is 2.39. The van der Waals surface area contributed by atoms with Crippen LogP contribution in [-0.4, -0.2) is 63.8 Å². The van der Waals surface area contributed by atoms with Gasteiger partial charge in [0, 0.05) is 31.6 Å². The van der Waals surface area contributed by atoms with E-state index in [1.807, 2.05) is 6.92 Å². The van der Waals surface area contributed by atoms with E-state index in [1.54, 1.807) is 9.80 Å². The van der Waals surface area contributed by atoms with Crippen LogP contribution in [-0.2, 0) is 4.79 Å². The van der Waals surface area contributed by atoms with Gasteiger partial charge in [-0.1, -0.05) is 0 Å². The second-order valence-electron chi connectivity index (χ2n) is 6.42. The number of carboxylic acids is 1. The molecule has 3 fully saturated rings. The number of urea groups is 1. The summed E-state index contributed by atoms with van der Waals surface area (Å²) < 4.78 is 0. The Kier molecular flexibility index (Phi) is 3.36. The lowest BCUT2D eigenvalue weighted by atomic mass is 10.00. The summed E-state index contributed by atoms with van der Waals surface area (Å²) in [6, 6.07) is -0.298. The number of fused-ring (bicyclic) bond motifs is 1. The Hall–Kier alpha value is -1.30. The number of aliphatic carboxylic acids is 1. The van der Waals surface area contributed by atoms with Crippen LogP contribution >= 0.6 is 0 Å². The molecule has 5 unspecified atom stereocenters. The van der Waals surface area contributed by atoms with E-state index in [0.717, 1.165) is 12.8 Å². The van der Waals surface area contributed by atoms with Crippen molar-refractivity contribution in [1.29, 1.82) is 0 Å². The molecular weight excluding hydrogens is 260 g/mol. The van der Waals surface area contributed by atoms with Crippen molar-refractivity contribution >= 4 is 12.0 Å². The van der Waals surface area contributed by atoms with Crippen LogP contribution in [0.3, 0.4) is 0 Å². The number of likely N-dealkylation sites (tertiary alicyclic amines) is 2. The molecule has 2 aliphatic heterocycles. The maximum atomic E-state index is 12.5. The van der Waals surface area contributed by atoms with Crippen LogP contribution in [0.2, 0.25) is 0 Å². The van der Waals surface area contributed by atoms with Gasteiger partial charge in [-0.25, -0.2) is 4.79 Å². The Labute approximate surface area is 118 Å². The smallest absolute Gasteiger partial charge is 0.320 e. The van der Waals surface area contributed by atoms with Crippen LogP contribution in [0.4, 0.5) is 4.79 Å². The summed E-state index contributed by atoms with van der Waals surface area (Å²) >= 11 is 0. The Morgan fingerprint density at radius 1 is 1.15 bits per heavy atom. The van der Waals surface area contributed by atoms with E-state index in [9.17, 15) is 14.7 Å². The fraction of sp³-hybridized carbons (Fsp3) is 0.857. The molecule has 2 amide bonds. The predicted molar refractivity (Wildman–Crippen MR) is 71.1 cm³/mol. The van der Waals surface area contributed by atoms with Crippen molar-refractivity contribution in [3.8, 4) is 0 Å². The van der Waals surface area contributed by atoms with Crippen LogP contribution in [0, 0.1) is 17.8 Å². The first-order valence-corrected chi connectivity index (χ1v) is 7.45. The van der Waals surface area contributed by atoms with Gasteiger partial charge in [0.05, 0.1) is 12.0 Å². The van der Waals surface area contributed by atoms with Gasteiger partial charge in [0.25, 0.3) is 0 Å². The van der Waals surface area contributed by atoms with E-state index in [1.165, 1.54) is 0 Å². The van der Waals surface area contributed by atoms with Gasteiger partial charge in [0.1, 0.15) is 0 Å². The second kappa shape index (κ2) is 4.91. The molecule has 2 saturated heterocycles. The normalized spacial score (nSPS) is 40.2. The molecule has 0 bridgehead atoms. The SMILES string of the molecule is CC1C(C(=O)O)CCN1C(=O)N1CC2CCC(O)C2C1. The Morgan fingerprint density at radius 2 is 1.90 bits per heavy atom. The fourth-order valence-electron chi connectivity index (χ4n) is 4.11. The Bertz CT molecular complexity index is 427. The van der Waals surface area contributed by atoms with Crippen molar-refractivity contribution in [3.05, 3.63) is 0 Å². The van der Waals surface area contributed by atoms with Gasteiger partial charge in [0.15, 0.2) is 0 Å². The number of rotatable bonds is 1. The maximum Gasteiger partial charge on any atom is 0.320 e. The van der Waals surface area contributed by atoms with Crippen molar-refractivity contribution in [3.63, 3.8) is 0 Å². The highest BCUT2D eigenvalue weighted by Gasteiger charge is 2.46. The molecule has 5 atom stereocenters. The molecule has 112 valence electrons. The lowest BCUT2D eigenvalue weighted by Gasteiger charge is -2.29. The maximum absolute atomic E-state index is 12.5. The number of aliphatic hydroxyl groups is 1. The van der Waals surface area contributed by atoms with E-state index in [2.05, 4.69) is 0 Å². The van der Waals surface area contributed by atoms with E-state index < -0.39 is 11.9 Å². The average molecular weight is 282 g/mol. The van der Waals surface area contributed by atoms with Gasteiger partial charge in [0.2, 0.25) is 0 Å². The van der Waals surface area contributed by atoms with Gasteiger partial charge >= 0.3 is 12.0 Å². The summed E-state index contributed by atoms with van der Waals surface area (Å²) in [5.41, 5.74) is 0. The lowest BCUT2D eigenvalue weighted by Crippen LogP contribution is -2.46. The van der Waals surface area contributed by atoms with Crippen LogP contribution < -0.4 is 0 Å². The molecule has 2 N–H and O–H groups in total. The predicted octanol–water partition coefficient (Wildman–Crippen LogP) is 0.604. The molecule has 0 aromatic carbocycles. The number of hydrogen-bond donors (Lipinski definition) is 2. The molecule has 6 heteroatoms. The number of hydrogen-bond acceptors (Lipinski definition) is 3.